The average Bonchev–Trinajstić information content (AvgIpc) is 2.19. The minimum absolute atomic E-state index is 0.362. The van der Waals surface area contributed by atoms with Gasteiger partial charge in [0.2, 0.25) is 0 Å². The SMILES string of the molecule is CN(NC(=O)c1cccnc1)C(N)=O. The Balaban J connectivity index is 2.64. The van der Waals surface area contributed by atoms with Crippen LogP contribution in [-0.2, 0) is 0 Å². The Morgan fingerprint density at radius 1 is 1.57 bits per heavy atom. The van der Waals surface area contributed by atoms with Crippen molar-refractivity contribution in [2.24, 2.45) is 5.73 Å². The molecule has 3 amide bonds. The van der Waals surface area contributed by atoms with Crippen LogP contribution in [0.2, 0.25) is 0 Å². The van der Waals surface area contributed by atoms with Crippen LogP contribution in [0.5, 0.6) is 0 Å². The van der Waals surface area contributed by atoms with Crippen molar-refractivity contribution in [1.82, 2.24) is 15.4 Å². The number of nitrogens with zero attached hydrogens (tertiary/aromatic N) is 2. The predicted molar refractivity (Wildman–Crippen MR) is 49.0 cm³/mol. The van der Waals surface area contributed by atoms with Gasteiger partial charge in [0.1, 0.15) is 0 Å². The minimum atomic E-state index is -0.734. The van der Waals surface area contributed by atoms with E-state index >= 15 is 0 Å². The summed E-state index contributed by atoms with van der Waals surface area (Å²) in [5.74, 6) is -0.431. The molecule has 1 rings (SSSR count). The van der Waals surface area contributed by atoms with E-state index in [1.807, 2.05) is 0 Å². The zero-order valence-electron chi connectivity index (χ0n) is 7.60. The number of aromatic nitrogens is 1. The summed E-state index contributed by atoms with van der Waals surface area (Å²) in [6, 6.07) is 2.47. The fourth-order valence-corrected chi connectivity index (χ4v) is 0.769. The van der Waals surface area contributed by atoms with Crippen LogP contribution in [0.3, 0.4) is 0 Å². The fourth-order valence-electron chi connectivity index (χ4n) is 0.769. The third-order valence-corrected chi connectivity index (χ3v) is 1.52. The van der Waals surface area contributed by atoms with E-state index in [2.05, 4.69) is 10.4 Å². The summed E-state index contributed by atoms with van der Waals surface area (Å²) >= 11 is 0. The summed E-state index contributed by atoms with van der Waals surface area (Å²) in [5, 5.41) is 0.898. The van der Waals surface area contributed by atoms with Crippen LogP contribution in [0.15, 0.2) is 24.5 Å². The molecule has 6 nitrogen and oxygen atoms in total. The van der Waals surface area contributed by atoms with E-state index in [9.17, 15) is 9.59 Å². The third-order valence-electron chi connectivity index (χ3n) is 1.52. The van der Waals surface area contributed by atoms with Crippen LogP contribution in [-0.4, -0.2) is 29.0 Å². The van der Waals surface area contributed by atoms with E-state index in [1.54, 1.807) is 18.3 Å². The van der Waals surface area contributed by atoms with Crippen LogP contribution >= 0.6 is 0 Å². The highest BCUT2D eigenvalue weighted by atomic mass is 16.2. The Labute approximate surface area is 80.7 Å². The molecule has 0 fully saturated rings. The molecular weight excluding hydrogens is 184 g/mol. The quantitative estimate of drug-likeness (QED) is 0.603. The Morgan fingerprint density at radius 3 is 2.79 bits per heavy atom. The van der Waals surface area contributed by atoms with E-state index in [0.717, 1.165) is 5.01 Å². The van der Waals surface area contributed by atoms with Gasteiger partial charge in [0.05, 0.1) is 5.56 Å². The molecule has 0 atom stereocenters. The molecule has 0 bridgehead atoms. The number of carbonyl (C=O) groups excluding carboxylic acids is 2. The van der Waals surface area contributed by atoms with Crippen LogP contribution < -0.4 is 11.2 Å². The second-order valence-electron chi connectivity index (χ2n) is 2.58. The Hall–Kier alpha value is -2.11. The van der Waals surface area contributed by atoms with Crippen molar-refractivity contribution in [1.29, 1.82) is 0 Å². The summed E-state index contributed by atoms with van der Waals surface area (Å²) in [5.41, 5.74) is 7.56. The molecule has 3 N–H and O–H groups in total. The van der Waals surface area contributed by atoms with Crippen molar-refractivity contribution in [3.8, 4) is 0 Å². The first kappa shape index (κ1) is 9.97. The van der Waals surface area contributed by atoms with Crippen LogP contribution in [0.25, 0.3) is 0 Å². The molecule has 1 heterocycles. The molecular formula is C8H10N4O2. The van der Waals surface area contributed by atoms with E-state index in [-0.39, 0.29) is 0 Å². The topological polar surface area (TPSA) is 88.3 Å². The molecule has 0 aliphatic rings. The van der Waals surface area contributed by atoms with Gasteiger partial charge < -0.3 is 5.73 Å². The number of urea groups is 1. The highest BCUT2D eigenvalue weighted by Gasteiger charge is 2.09. The Kier molecular flexibility index (Phi) is 3.01. The molecule has 0 spiro atoms. The number of nitrogens with one attached hydrogen (secondary N) is 1. The largest absolute Gasteiger partial charge is 0.350 e. The van der Waals surface area contributed by atoms with Gasteiger partial charge in [-0.2, -0.15) is 0 Å². The maximum atomic E-state index is 11.4. The number of nitrogens with two attached hydrogens (primary N) is 1. The first-order chi connectivity index (χ1) is 6.61. The number of hydrogen-bond acceptors (Lipinski definition) is 3. The molecule has 14 heavy (non-hydrogen) atoms. The van der Waals surface area contributed by atoms with Gasteiger partial charge in [-0.05, 0) is 12.1 Å². The third kappa shape index (κ3) is 2.44. The second-order valence-corrected chi connectivity index (χ2v) is 2.58. The molecule has 0 aliphatic heterocycles. The summed E-state index contributed by atoms with van der Waals surface area (Å²) in [4.78, 5) is 25.7. The first-order valence-electron chi connectivity index (χ1n) is 3.85. The zero-order chi connectivity index (χ0) is 10.6. The number of hydrazine groups is 1. The molecule has 1 aromatic rings. The molecule has 74 valence electrons. The number of rotatable bonds is 1. The number of pyridine rings is 1. The lowest BCUT2D eigenvalue weighted by Gasteiger charge is -2.14. The standard InChI is InChI=1S/C8H10N4O2/c1-12(8(9)14)11-7(13)6-3-2-4-10-5-6/h2-5H,1H3,(H2,9,14)(H,11,13). The van der Waals surface area contributed by atoms with E-state index in [1.165, 1.54) is 13.2 Å². The van der Waals surface area contributed by atoms with Gasteiger partial charge in [-0.25, -0.2) is 9.80 Å². The average molecular weight is 194 g/mol. The summed E-state index contributed by atoms with van der Waals surface area (Å²) < 4.78 is 0. The molecule has 0 radical (unpaired) electrons. The summed E-state index contributed by atoms with van der Waals surface area (Å²) in [7, 11) is 1.36. The number of hydrogen-bond donors (Lipinski definition) is 2. The Bertz CT molecular complexity index is 338. The molecule has 0 unspecified atom stereocenters. The maximum absolute atomic E-state index is 11.4. The fraction of sp³-hybridized carbons (Fsp3) is 0.125. The van der Waals surface area contributed by atoms with Crippen molar-refractivity contribution in [2.45, 2.75) is 0 Å². The normalized spacial score (nSPS) is 9.21. The second kappa shape index (κ2) is 4.22. The van der Waals surface area contributed by atoms with E-state index in [4.69, 9.17) is 5.73 Å². The molecule has 6 heteroatoms. The van der Waals surface area contributed by atoms with E-state index in [0.29, 0.717) is 5.56 Å². The minimum Gasteiger partial charge on any atom is -0.350 e. The molecule has 0 aromatic carbocycles. The lowest BCUT2D eigenvalue weighted by Crippen LogP contribution is -2.46. The lowest BCUT2D eigenvalue weighted by molar-refractivity contribution is 0.0859. The molecule has 0 aliphatic carbocycles. The predicted octanol–water partition coefficient (Wildman–Crippen LogP) is -0.263. The van der Waals surface area contributed by atoms with Crippen LogP contribution in [0, 0.1) is 0 Å². The molecule has 1 aromatic heterocycles. The van der Waals surface area contributed by atoms with Crippen molar-refractivity contribution >= 4 is 11.9 Å². The van der Waals surface area contributed by atoms with Gasteiger partial charge in [0.25, 0.3) is 5.91 Å². The Morgan fingerprint density at radius 2 is 2.29 bits per heavy atom. The summed E-state index contributed by atoms with van der Waals surface area (Å²) in [6.45, 7) is 0. The van der Waals surface area contributed by atoms with Crippen molar-refractivity contribution in [3.63, 3.8) is 0 Å². The van der Waals surface area contributed by atoms with Gasteiger partial charge in [-0.1, -0.05) is 0 Å². The lowest BCUT2D eigenvalue weighted by atomic mass is 10.3. The van der Waals surface area contributed by atoms with Gasteiger partial charge in [0, 0.05) is 19.4 Å². The number of amides is 3. The highest BCUT2D eigenvalue weighted by molar-refractivity contribution is 5.94. The van der Waals surface area contributed by atoms with Gasteiger partial charge >= 0.3 is 6.03 Å². The summed E-state index contributed by atoms with van der Waals surface area (Å²) in [6.07, 6.45) is 2.94. The molecule has 0 saturated carbocycles. The first-order valence-corrected chi connectivity index (χ1v) is 3.85. The van der Waals surface area contributed by atoms with Crippen LogP contribution in [0.4, 0.5) is 4.79 Å². The monoisotopic (exact) mass is 194 g/mol. The van der Waals surface area contributed by atoms with Gasteiger partial charge in [-0.3, -0.25) is 15.2 Å². The smallest absolute Gasteiger partial charge is 0.333 e. The highest BCUT2D eigenvalue weighted by Crippen LogP contribution is 1.94. The maximum Gasteiger partial charge on any atom is 0.333 e. The number of primary amides is 1. The van der Waals surface area contributed by atoms with Gasteiger partial charge in [0.15, 0.2) is 0 Å². The van der Waals surface area contributed by atoms with Crippen molar-refractivity contribution in [2.75, 3.05) is 7.05 Å². The zero-order valence-corrected chi connectivity index (χ0v) is 7.60. The van der Waals surface area contributed by atoms with Crippen LogP contribution in [0.1, 0.15) is 10.4 Å². The van der Waals surface area contributed by atoms with Gasteiger partial charge in [-0.15, -0.1) is 0 Å². The number of carbonyl (C=O) groups is 2. The van der Waals surface area contributed by atoms with E-state index < -0.39 is 11.9 Å². The van der Waals surface area contributed by atoms with Crippen molar-refractivity contribution in [3.05, 3.63) is 30.1 Å². The molecule has 0 saturated heterocycles. The van der Waals surface area contributed by atoms with Crippen molar-refractivity contribution < 1.29 is 9.59 Å².